The van der Waals surface area contributed by atoms with Crippen LogP contribution in [0, 0.1) is 0 Å². The maximum atomic E-state index is 11.8. The lowest BCUT2D eigenvalue weighted by Gasteiger charge is -2.26. The van der Waals surface area contributed by atoms with Gasteiger partial charge in [-0.25, -0.2) is 8.42 Å². The second-order valence-corrected chi connectivity index (χ2v) is 7.44. The Bertz CT molecular complexity index is 444. The molecule has 0 aromatic carbocycles. The highest BCUT2D eigenvalue weighted by atomic mass is 32.2. The number of piperidine rings is 1. The minimum absolute atomic E-state index is 0.0581. The van der Waals surface area contributed by atoms with Gasteiger partial charge in [-0.3, -0.25) is 9.59 Å². The second-order valence-electron chi connectivity index (χ2n) is 5.18. The predicted molar refractivity (Wildman–Crippen MR) is 75.7 cm³/mol. The summed E-state index contributed by atoms with van der Waals surface area (Å²) in [6.07, 6.45) is 4.27. The molecule has 0 aromatic rings. The summed E-state index contributed by atoms with van der Waals surface area (Å²) in [6, 6.07) is -0.904. The first-order valence-corrected chi connectivity index (χ1v) is 8.84. The van der Waals surface area contributed by atoms with E-state index >= 15 is 0 Å². The number of rotatable bonds is 6. The summed E-state index contributed by atoms with van der Waals surface area (Å²) in [7, 11) is -3.14. The third kappa shape index (κ3) is 6.33. The molecule has 7 nitrogen and oxygen atoms in total. The minimum atomic E-state index is -3.14. The molecule has 0 aliphatic carbocycles. The van der Waals surface area contributed by atoms with Gasteiger partial charge in [0.25, 0.3) is 0 Å². The van der Waals surface area contributed by atoms with Crippen LogP contribution >= 0.6 is 0 Å². The van der Waals surface area contributed by atoms with Crippen LogP contribution in [0.25, 0.3) is 0 Å². The molecule has 0 radical (unpaired) electrons. The van der Waals surface area contributed by atoms with Gasteiger partial charge in [-0.15, -0.1) is 0 Å². The third-order valence-corrected chi connectivity index (χ3v) is 4.24. The lowest BCUT2D eigenvalue weighted by molar-refractivity contribution is -0.133. The number of hydrogen-bond donors (Lipinski definition) is 2. The Morgan fingerprint density at radius 2 is 1.85 bits per heavy atom. The fourth-order valence-electron chi connectivity index (χ4n) is 2.02. The van der Waals surface area contributed by atoms with Gasteiger partial charge in [0.2, 0.25) is 11.8 Å². The molecule has 1 aliphatic rings. The number of sulfone groups is 1. The standard InChI is InChI=1S/C12H23N3O4S/c1-20(18,19)8-5-10(13)12(17)14-9-11(16)15-6-3-2-4-7-15/h10H,2-9,13H2,1H3,(H,14,17). The first-order chi connectivity index (χ1) is 9.29. The van der Waals surface area contributed by atoms with Gasteiger partial charge >= 0.3 is 0 Å². The molecule has 1 heterocycles. The molecule has 1 aliphatic heterocycles. The van der Waals surface area contributed by atoms with Crippen molar-refractivity contribution in [3.63, 3.8) is 0 Å². The summed E-state index contributed by atoms with van der Waals surface area (Å²) < 4.78 is 22.0. The van der Waals surface area contributed by atoms with Crippen LogP contribution in [0.2, 0.25) is 0 Å². The van der Waals surface area contributed by atoms with Gasteiger partial charge in [0.15, 0.2) is 0 Å². The molecule has 0 bridgehead atoms. The van der Waals surface area contributed by atoms with Gasteiger partial charge in [-0.2, -0.15) is 0 Å². The summed E-state index contributed by atoms with van der Waals surface area (Å²) >= 11 is 0. The highest BCUT2D eigenvalue weighted by Gasteiger charge is 2.19. The normalized spacial score (nSPS) is 17.6. The van der Waals surface area contributed by atoms with Crippen LogP contribution in [-0.4, -0.2) is 62.8 Å². The number of hydrogen-bond acceptors (Lipinski definition) is 5. The van der Waals surface area contributed by atoms with Crippen LogP contribution in [-0.2, 0) is 19.4 Å². The molecule has 1 unspecified atom stereocenters. The Kier molecular flexibility index (Phi) is 6.41. The number of nitrogens with two attached hydrogens (primary N) is 1. The number of carbonyl (C=O) groups excluding carboxylic acids is 2. The van der Waals surface area contributed by atoms with Crippen LogP contribution < -0.4 is 11.1 Å². The van der Waals surface area contributed by atoms with Crippen molar-refractivity contribution in [2.75, 3.05) is 31.6 Å². The zero-order valence-corrected chi connectivity index (χ0v) is 12.6. The molecule has 0 aromatic heterocycles. The van der Waals surface area contributed by atoms with E-state index in [0.29, 0.717) is 0 Å². The molecule has 2 amide bonds. The molecule has 1 rings (SSSR count). The van der Waals surface area contributed by atoms with Gasteiger partial charge in [0, 0.05) is 19.3 Å². The van der Waals surface area contributed by atoms with Crippen LogP contribution in [0.4, 0.5) is 0 Å². The minimum Gasteiger partial charge on any atom is -0.346 e. The van der Waals surface area contributed by atoms with E-state index in [1.807, 2.05) is 0 Å². The number of carbonyl (C=O) groups is 2. The molecule has 1 fully saturated rings. The van der Waals surface area contributed by atoms with Crippen molar-refractivity contribution < 1.29 is 18.0 Å². The summed E-state index contributed by atoms with van der Waals surface area (Å²) in [5.41, 5.74) is 5.59. The number of nitrogens with zero attached hydrogens (tertiary/aromatic N) is 1. The Labute approximate surface area is 119 Å². The highest BCUT2D eigenvalue weighted by Crippen LogP contribution is 2.08. The van der Waals surface area contributed by atoms with Gasteiger partial charge in [0.1, 0.15) is 9.84 Å². The van der Waals surface area contributed by atoms with Crippen LogP contribution in [0.3, 0.4) is 0 Å². The summed E-state index contributed by atoms with van der Waals surface area (Å²) in [6.45, 7) is 1.38. The smallest absolute Gasteiger partial charge is 0.241 e. The molecule has 1 saturated heterocycles. The molecule has 3 N–H and O–H groups in total. The van der Waals surface area contributed by atoms with E-state index < -0.39 is 21.8 Å². The molecule has 0 saturated carbocycles. The van der Waals surface area contributed by atoms with Crippen LogP contribution in [0.1, 0.15) is 25.7 Å². The Balaban J connectivity index is 2.29. The van der Waals surface area contributed by atoms with E-state index in [1.165, 1.54) is 0 Å². The maximum absolute atomic E-state index is 11.8. The number of nitrogens with one attached hydrogen (secondary N) is 1. The SMILES string of the molecule is CS(=O)(=O)CCC(N)C(=O)NCC(=O)N1CCCCC1. The average Bonchev–Trinajstić information content (AvgIpc) is 2.41. The Morgan fingerprint density at radius 3 is 2.40 bits per heavy atom. The summed E-state index contributed by atoms with van der Waals surface area (Å²) in [4.78, 5) is 25.2. The topological polar surface area (TPSA) is 110 Å². The Hall–Kier alpha value is -1.15. The highest BCUT2D eigenvalue weighted by molar-refractivity contribution is 7.90. The summed E-state index contributed by atoms with van der Waals surface area (Å²) in [5, 5.41) is 2.47. The molecule has 20 heavy (non-hydrogen) atoms. The van der Waals surface area contributed by atoms with Crippen LogP contribution in [0.5, 0.6) is 0 Å². The maximum Gasteiger partial charge on any atom is 0.241 e. The van der Waals surface area contributed by atoms with E-state index in [9.17, 15) is 18.0 Å². The monoisotopic (exact) mass is 305 g/mol. The van der Waals surface area contributed by atoms with Crippen molar-refractivity contribution in [1.29, 1.82) is 0 Å². The van der Waals surface area contributed by atoms with Crippen molar-refractivity contribution in [2.45, 2.75) is 31.7 Å². The van der Waals surface area contributed by atoms with Crippen molar-refractivity contribution in [3.05, 3.63) is 0 Å². The van der Waals surface area contributed by atoms with Gasteiger partial charge < -0.3 is 16.0 Å². The molecule has 1 atom stereocenters. The molecular weight excluding hydrogens is 282 g/mol. The van der Waals surface area contributed by atoms with Crippen LogP contribution in [0.15, 0.2) is 0 Å². The van der Waals surface area contributed by atoms with E-state index in [1.54, 1.807) is 4.90 Å². The Morgan fingerprint density at radius 1 is 1.25 bits per heavy atom. The van der Waals surface area contributed by atoms with Gasteiger partial charge in [-0.1, -0.05) is 0 Å². The molecular formula is C12H23N3O4S. The summed E-state index contributed by atoms with van der Waals surface area (Å²) in [5.74, 6) is -0.742. The predicted octanol–water partition coefficient (Wildman–Crippen LogP) is -1.12. The fourth-order valence-corrected chi connectivity index (χ4v) is 2.70. The van der Waals surface area contributed by atoms with E-state index in [2.05, 4.69) is 5.32 Å². The molecule has 0 spiro atoms. The van der Waals surface area contributed by atoms with E-state index in [0.717, 1.165) is 38.6 Å². The fraction of sp³-hybridized carbons (Fsp3) is 0.833. The van der Waals surface area contributed by atoms with E-state index in [4.69, 9.17) is 5.73 Å². The van der Waals surface area contributed by atoms with E-state index in [-0.39, 0.29) is 24.6 Å². The largest absolute Gasteiger partial charge is 0.346 e. The van der Waals surface area contributed by atoms with Crippen molar-refractivity contribution >= 4 is 21.7 Å². The van der Waals surface area contributed by atoms with Crippen molar-refractivity contribution in [3.8, 4) is 0 Å². The van der Waals surface area contributed by atoms with Gasteiger partial charge in [0.05, 0.1) is 18.3 Å². The van der Waals surface area contributed by atoms with Crippen molar-refractivity contribution in [2.24, 2.45) is 5.73 Å². The third-order valence-electron chi connectivity index (χ3n) is 3.26. The first-order valence-electron chi connectivity index (χ1n) is 6.78. The lowest BCUT2D eigenvalue weighted by Crippen LogP contribution is -2.47. The first kappa shape index (κ1) is 16.9. The second kappa shape index (κ2) is 7.58. The zero-order chi connectivity index (χ0) is 15.2. The lowest BCUT2D eigenvalue weighted by atomic mass is 10.1. The van der Waals surface area contributed by atoms with Crippen molar-refractivity contribution in [1.82, 2.24) is 10.2 Å². The average molecular weight is 305 g/mol. The molecule has 8 heteroatoms. The zero-order valence-electron chi connectivity index (χ0n) is 11.8. The molecule has 116 valence electrons. The van der Waals surface area contributed by atoms with Gasteiger partial charge in [-0.05, 0) is 25.7 Å². The number of likely N-dealkylation sites (tertiary alicyclic amines) is 1. The number of amides is 2. The quantitative estimate of drug-likeness (QED) is 0.646.